The number of fused-ring (bicyclic) bond motifs is 2. The van der Waals surface area contributed by atoms with Crippen LogP contribution in [-0.2, 0) is 12.8 Å². The first-order valence-electron chi connectivity index (χ1n) is 9.18. The van der Waals surface area contributed by atoms with Crippen LogP contribution in [0.25, 0.3) is 10.2 Å². The fourth-order valence-corrected chi connectivity index (χ4v) is 4.42. The Kier molecular flexibility index (Phi) is 5.08. The van der Waals surface area contributed by atoms with Crippen LogP contribution in [0.4, 0.5) is 24.5 Å². The second-order valence-electron chi connectivity index (χ2n) is 6.88. The molecule has 0 saturated heterocycles. The van der Waals surface area contributed by atoms with Gasteiger partial charge in [-0.3, -0.25) is 4.79 Å². The van der Waals surface area contributed by atoms with Crippen molar-refractivity contribution in [2.24, 2.45) is 0 Å². The van der Waals surface area contributed by atoms with E-state index >= 15 is 0 Å². The smallest absolute Gasteiger partial charge is 0.406 e. The summed E-state index contributed by atoms with van der Waals surface area (Å²) in [6, 6.07) is 6.98. The molecule has 152 valence electrons. The van der Waals surface area contributed by atoms with Crippen LogP contribution in [0.3, 0.4) is 0 Å². The Hall–Kier alpha value is -2.81. The summed E-state index contributed by atoms with van der Waals surface area (Å²) < 4.78 is 40.6. The molecule has 2 heterocycles. The van der Waals surface area contributed by atoms with Gasteiger partial charge < -0.3 is 15.8 Å². The Morgan fingerprint density at radius 3 is 2.59 bits per heavy atom. The summed E-state index contributed by atoms with van der Waals surface area (Å²) in [7, 11) is 0. The summed E-state index contributed by atoms with van der Waals surface area (Å²) in [6.07, 6.45) is 0.527. The van der Waals surface area contributed by atoms with Gasteiger partial charge in [-0.25, -0.2) is 4.98 Å². The number of aromatic nitrogens is 1. The van der Waals surface area contributed by atoms with Gasteiger partial charge in [0.1, 0.15) is 15.5 Å². The van der Waals surface area contributed by atoms with Crippen LogP contribution in [0, 0.1) is 0 Å². The van der Waals surface area contributed by atoms with Gasteiger partial charge in [0.25, 0.3) is 5.91 Å². The van der Waals surface area contributed by atoms with Crippen LogP contribution in [0.5, 0.6) is 5.75 Å². The molecule has 1 aromatic carbocycles. The molecule has 1 aliphatic rings. The lowest BCUT2D eigenvalue weighted by Crippen LogP contribution is -2.17. The number of nitrogen functional groups attached to an aromatic ring is 1. The highest BCUT2D eigenvalue weighted by Crippen LogP contribution is 2.35. The van der Waals surface area contributed by atoms with E-state index in [2.05, 4.69) is 10.1 Å². The van der Waals surface area contributed by atoms with Crippen molar-refractivity contribution < 1.29 is 22.7 Å². The zero-order valence-corrected chi connectivity index (χ0v) is 16.1. The van der Waals surface area contributed by atoms with Crippen molar-refractivity contribution in [3.63, 3.8) is 0 Å². The molecule has 3 N–H and O–H groups in total. The number of benzene rings is 1. The normalized spacial score (nSPS) is 14.3. The summed E-state index contributed by atoms with van der Waals surface area (Å²) in [5.74, 6) is -0.784. The molecule has 0 aliphatic heterocycles. The molecule has 0 saturated carbocycles. The number of ether oxygens (including phenoxy) is 1. The molecular formula is C20H18F3N3O2S. The Bertz CT molecular complexity index is 1060. The highest BCUT2D eigenvalue weighted by molar-refractivity contribution is 7.21. The Labute approximate surface area is 168 Å². The number of anilines is 2. The van der Waals surface area contributed by atoms with Crippen molar-refractivity contribution >= 4 is 38.8 Å². The number of carbonyl (C=O) groups excluding carboxylic acids is 1. The van der Waals surface area contributed by atoms with E-state index in [-0.39, 0.29) is 5.75 Å². The predicted octanol–water partition coefficient (Wildman–Crippen LogP) is 5.30. The number of aryl methyl sites for hydroxylation is 2. The van der Waals surface area contributed by atoms with Crippen LogP contribution < -0.4 is 15.8 Å². The average Bonchev–Trinajstić information content (AvgIpc) is 2.83. The number of carbonyl (C=O) groups is 1. The van der Waals surface area contributed by atoms with E-state index in [1.54, 1.807) is 0 Å². The minimum atomic E-state index is -4.76. The van der Waals surface area contributed by atoms with E-state index in [0.29, 0.717) is 16.3 Å². The molecule has 29 heavy (non-hydrogen) atoms. The minimum Gasteiger partial charge on any atom is -0.406 e. The SMILES string of the molecule is Nc1c(C(=O)Nc2ccc(OC(F)(F)F)cc2)sc2nc3c(cc12)CCCCC3. The molecule has 0 spiro atoms. The Morgan fingerprint density at radius 2 is 1.86 bits per heavy atom. The van der Waals surface area contributed by atoms with Gasteiger partial charge in [-0.1, -0.05) is 6.42 Å². The third kappa shape index (κ3) is 4.29. The van der Waals surface area contributed by atoms with Gasteiger partial charge in [-0.2, -0.15) is 0 Å². The van der Waals surface area contributed by atoms with E-state index in [9.17, 15) is 18.0 Å². The third-order valence-electron chi connectivity index (χ3n) is 4.80. The van der Waals surface area contributed by atoms with Gasteiger partial charge in [-0.05, 0) is 61.6 Å². The maximum Gasteiger partial charge on any atom is 0.573 e. The van der Waals surface area contributed by atoms with Crippen molar-refractivity contribution in [1.29, 1.82) is 0 Å². The summed E-state index contributed by atoms with van der Waals surface area (Å²) in [5, 5.41) is 3.43. The predicted molar refractivity (Wildman–Crippen MR) is 106 cm³/mol. The molecule has 0 atom stereocenters. The van der Waals surface area contributed by atoms with Crippen LogP contribution in [0.15, 0.2) is 30.3 Å². The summed E-state index contributed by atoms with van der Waals surface area (Å²) >= 11 is 1.22. The highest BCUT2D eigenvalue weighted by Gasteiger charge is 2.31. The molecule has 0 unspecified atom stereocenters. The van der Waals surface area contributed by atoms with Crippen LogP contribution in [0.1, 0.15) is 40.2 Å². The molecule has 1 aliphatic carbocycles. The van der Waals surface area contributed by atoms with Gasteiger partial charge in [0.05, 0.1) is 5.69 Å². The number of thiophene rings is 1. The molecule has 9 heteroatoms. The third-order valence-corrected chi connectivity index (χ3v) is 5.92. The molecule has 1 amide bonds. The second-order valence-corrected chi connectivity index (χ2v) is 7.88. The van der Waals surface area contributed by atoms with E-state index < -0.39 is 12.3 Å². The monoisotopic (exact) mass is 421 g/mol. The summed E-state index contributed by atoms with van der Waals surface area (Å²) in [5.41, 5.74) is 9.20. The van der Waals surface area contributed by atoms with E-state index in [1.807, 2.05) is 6.07 Å². The van der Waals surface area contributed by atoms with Crippen LogP contribution >= 0.6 is 11.3 Å². The van der Waals surface area contributed by atoms with E-state index in [4.69, 9.17) is 10.7 Å². The summed E-state index contributed by atoms with van der Waals surface area (Å²) in [4.78, 5) is 18.5. The Morgan fingerprint density at radius 1 is 1.14 bits per heavy atom. The molecular weight excluding hydrogens is 403 g/mol. The molecule has 2 aromatic heterocycles. The van der Waals surface area contributed by atoms with Gasteiger partial charge in [0.15, 0.2) is 0 Å². The molecule has 3 aromatic rings. The van der Waals surface area contributed by atoms with Crippen molar-refractivity contribution in [2.75, 3.05) is 11.1 Å². The van der Waals surface area contributed by atoms with Crippen LogP contribution in [0.2, 0.25) is 0 Å². The number of pyridine rings is 1. The fourth-order valence-electron chi connectivity index (χ4n) is 3.43. The first-order chi connectivity index (χ1) is 13.8. The van der Waals surface area contributed by atoms with Gasteiger partial charge >= 0.3 is 6.36 Å². The maximum absolute atomic E-state index is 12.7. The lowest BCUT2D eigenvalue weighted by molar-refractivity contribution is -0.274. The average molecular weight is 421 g/mol. The number of nitrogens with two attached hydrogens (primary N) is 1. The topological polar surface area (TPSA) is 77.2 Å². The molecule has 5 nitrogen and oxygen atoms in total. The molecule has 0 bridgehead atoms. The number of rotatable bonds is 3. The standard InChI is InChI=1S/C20H18F3N3O2S/c21-20(22,23)28-13-8-6-12(7-9-13)25-18(27)17-16(24)14-10-11-4-2-1-3-5-15(11)26-19(14)29-17/h6-10H,1-5,24H2,(H,25,27). The van der Waals surface area contributed by atoms with Crippen molar-refractivity contribution in [3.05, 3.63) is 46.5 Å². The Balaban J connectivity index is 1.56. The minimum absolute atomic E-state index is 0.336. The van der Waals surface area contributed by atoms with Crippen molar-refractivity contribution in [1.82, 2.24) is 4.98 Å². The van der Waals surface area contributed by atoms with Gasteiger partial charge in [0.2, 0.25) is 0 Å². The van der Waals surface area contributed by atoms with Gasteiger partial charge in [0, 0.05) is 16.8 Å². The zero-order valence-electron chi connectivity index (χ0n) is 15.3. The number of nitrogens with zero attached hydrogens (tertiary/aromatic N) is 1. The zero-order chi connectivity index (χ0) is 20.6. The van der Waals surface area contributed by atoms with E-state index in [0.717, 1.165) is 53.7 Å². The number of amides is 1. The number of alkyl halides is 3. The lowest BCUT2D eigenvalue weighted by Gasteiger charge is -2.09. The van der Waals surface area contributed by atoms with Crippen molar-refractivity contribution in [3.8, 4) is 5.75 Å². The largest absolute Gasteiger partial charge is 0.573 e. The first-order valence-corrected chi connectivity index (χ1v) is 10.00. The first kappa shape index (κ1) is 19.5. The maximum atomic E-state index is 12.7. The highest BCUT2D eigenvalue weighted by atomic mass is 32.1. The number of nitrogens with one attached hydrogen (secondary N) is 1. The second kappa shape index (κ2) is 7.55. The molecule has 0 radical (unpaired) electrons. The number of halogens is 3. The van der Waals surface area contributed by atoms with Crippen LogP contribution in [-0.4, -0.2) is 17.3 Å². The fraction of sp³-hybridized carbons (Fsp3) is 0.300. The van der Waals surface area contributed by atoms with E-state index in [1.165, 1.54) is 35.5 Å². The quantitative estimate of drug-likeness (QED) is 0.563. The number of hydrogen-bond donors (Lipinski definition) is 2. The number of hydrogen-bond acceptors (Lipinski definition) is 5. The summed E-state index contributed by atoms with van der Waals surface area (Å²) in [6.45, 7) is 0. The van der Waals surface area contributed by atoms with Gasteiger partial charge in [-0.15, -0.1) is 24.5 Å². The molecule has 0 fully saturated rings. The lowest BCUT2D eigenvalue weighted by atomic mass is 10.1. The molecule has 4 rings (SSSR count). The van der Waals surface area contributed by atoms with Crippen molar-refractivity contribution in [2.45, 2.75) is 38.5 Å².